The first-order valence-corrected chi connectivity index (χ1v) is 5.77. The number of nitrogens with one attached hydrogen (secondary N) is 1. The van der Waals surface area contributed by atoms with Crippen molar-refractivity contribution in [2.45, 2.75) is 0 Å². The van der Waals surface area contributed by atoms with Crippen LogP contribution < -0.4 is 11.1 Å². The number of hydrogen-bond donors (Lipinski definition) is 2. The molecule has 7 heteroatoms. The van der Waals surface area contributed by atoms with Crippen molar-refractivity contribution in [2.75, 3.05) is 11.1 Å². The lowest BCUT2D eigenvalue weighted by Crippen LogP contribution is -2.15. The second-order valence-corrected chi connectivity index (χ2v) is 4.37. The zero-order valence-corrected chi connectivity index (χ0v) is 10.6. The molecule has 0 fully saturated rings. The van der Waals surface area contributed by atoms with Crippen molar-refractivity contribution in [1.29, 1.82) is 0 Å². The quantitative estimate of drug-likeness (QED) is 0.658. The summed E-state index contributed by atoms with van der Waals surface area (Å²) >= 11 is 5.72. The van der Waals surface area contributed by atoms with Crippen LogP contribution in [0, 0.1) is 17.5 Å². The number of amides is 1. The van der Waals surface area contributed by atoms with Crippen LogP contribution in [0.25, 0.3) is 0 Å². The zero-order chi connectivity index (χ0) is 14.9. The largest absolute Gasteiger partial charge is 0.398 e. The van der Waals surface area contributed by atoms with Crippen LogP contribution in [0.4, 0.5) is 24.5 Å². The SMILES string of the molecule is Nc1ccc(Cl)cc1C(=O)Nc1cc(F)c(F)cc1F. The third-order valence-corrected chi connectivity index (χ3v) is 2.75. The Labute approximate surface area is 117 Å². The van der Waals surface area contributed by atoms with Gasteiger partial charge in [-0.15, -0.1) is 0 Å². The fourth-order valence-electron chi connectivity index (χ4n) is 1.53. The number of carbonyl (C=O) groups excluding carboxylic acids is 1. The van der Waals surface area contributed by atoms with Gasteiger partial charge in [0.25, 0.3) is 5.91 Å². The Bertz CT molecular complexity index is 692. The Morgan fingerprint density at radius 3 is 2.40 bits per heavy atom. The Kier molecular flexibility index (Phi) is 3.85. The molecule has 0 atom stereocenters. The molecule has 0 unspecified atom stereocenters. The fraction of sp³-hybridized carbons (Fsp3) is 0. The Balaban J connectivity index is 2.32. The second-order valence-electron chi connectivity index (χ2n) is 3.93. The summed E-state index contributed by atoms with van der Waals surface area (Å²) in [4.78, 5) is 11.9. The first kappa shape index (κ1) is 14.2. The predicted octanol–water partition coefficient (Wildman–Crippen LogP) is 3.59. The molecule has 1 amide bonds. The van der Waals surface area contributed by atoms with Crippen LogP contribution in [0.1, 0.15) is 10.4 Å². The van der Waals surface area contributed by atoms with Crippen LogP contribution >= 0.6 is 11.6 Å². The molecule has 0 saturated heterocycles. The number of rotatable bonds is 2. The van der Waals surface area contributed by atoms with Crippen LogP contribution in [-0.4, -0.2) is 5.91 Å². The highest BCUT2D eigenvalue weighted by Crippen LogP contribution is 2.22. The summed E-state index contributed by atoms with van der Waals surface area (Å²) in [5.74, 6) is -4.50. The first-order chi connectivity index (χ1) is 9.38. The average Bonchev–Trinajstić information content (AvgIpc) is 2.38. The summed E-state index contributed by atoms with van der Waals surface area (Å²) in [6.07, 6.45) is 0. The van der Waals surface area contributed by atoms with Crippen LogP contribution in [-0.2, 0) is 0 Å². The highest BCUT2D eigenvalue weighted by molar-refractivity contribution is 6.31. The van der Waals surface area contributed by atoms with Crippen molar-refractivity contribution in [1.82, 2.24) is 0 Å². The Hall–Kier alpha value is -2.21. The molecule has 0 aliphatic heterocycles. The minimum atomic E-state index is -1.34. The molecule has 0 spiro atoms. The van der Waals surface area contributed by atoms with Gasteiger partial charge in [0.15, 0.2) is 11.6 Å². The molecule has 0 heterocycles. The third kappa shape index (κ3) is 2.85. The van der Waals surface area contributed by atoms with Gasteiger partial charge < -0.3 is 11.1 Å². The van der Waals surface area contributed by atoms with E-state index in [0.717, 1.165) is 0 Å². The van der Waals surface area contributed by atoms with Crippen LogP contribution in [0.3, 0.4) is 0 Å². The highest BCUT2D eigenvalue weighted by Gasteiger charge is 2.15. The summed E-state index contributed by atoms with van der Waals surface area (Å²) in [6, 6.07) is 5.05. The predicted molar refractivity (Wildman–Crippen MR) is 70.1 cm³/mol. The van der Waals surface area contributed by atoms with Gasteiger partial charge in [0.1, 0.15) is 5.82 Å². The van der Waals surface area contributed by atoms with E-state index in [1.807, 2.05) is 0 Å². The lowest BCUT2D eigenvalue weighted by molar-refractivity contribution is 0.102. The fourth-order valence-corrected chi connectivity index (χ4v) is 1.71. The number of carbonyl (C=O) groups is 1. The molecule has 0 aromatic heterocycles. The maximum Gasteiger partial charge on any atom is 0.257 e. The number of anilines is 2. The van der Waals surface area contributed by atoms with Gasteiger partial charge in [0, 0.05) is 22.8 Å². The van der Waals surface area contributed by atoms with Crippen LogP contribution in [0.15, 0.2) is 30.3 Å². The van der Waals surface area contributed by atoms with Gasteiger partial charge in [0.05, 0.1) is 11.3 Å². The first-order valence-electron chi connectivity index (χ1n) is 5.39. The van der Waals surface area contributed by atoms with E-state index in [4.69, 9.17) is 17.3 Å². The van der Waals surface area contributed by atoms with Gasteiger partial charge in [-0.25, -0.2) is 13.2 Å². The van der Waals surface area contributed by atoms with E-state index < -0.39 is 29.0 Å². The number of hydrogen-bond acceptors (Lipinski definition) is 2. The topological polar surface area (TPSA) is 55.1 Å². The van der Waals surface area contributed by atoms with E-state index in [-0.39, 0.29) is 16.3 Å². The molecule has 0 radical (unpaired) electrons. The molecular weight excluding hydrogens is 293 g/mol. The van der Waals surface area contributed by atoms with Crippen molar-refractivity contribution in [2.24, 2.45) is 0 Å². The number of benzene rings is 2. The summed E-state index contributed by atoms with van der Waals surface area (Å²) in [6.45, 7) is 0. The van der Waals surface area contributed by atoms with Crippen molar-refractivity contribution in [3.05, 3.63) is 58.4 Å². The molecule has 0 aliphatic carbocycles. The Morgan fingerprint density at radius 1 is 1.05 bits per heavy atom. The molecule has 0 bridgehead atoms. The van der Waals surface area contributed by atoms with E-state index in [2.05, 4.69) is 5.32 Å². The van der Waals surface area contributed by atoms with Gasteiger partial charge in [0.2, 0.25) is 0 Å². The minimum Gasteiger partial charge on any atom is -0.398 e. The molecule has 3 nitrogen and oxygen atoms in total. The second kappa shape index (κ2) is 5.42. The van der Waals surface area contributed by atoms with Crippen LogP contribution in [0.2, 0.25) is 5.02 Å². The van der Waals surface area contributed by atoms with Crippen LogP contribution in [0.5, 0.6) is 0 Å². The average molecular weight is 301 g/mol. The number of nitrogen functional groups attached to an aromatic ring is 1. The molecule has 2 aromatic rings. The smallest absolute Gasteiger partial charge is 0.257 e. The van der Waals surface area contributed by atoms with Gasteiger partial charge in [-0.1, -0.05) is 11.6 Å². The van der Waals surface area contributed by atoms with Crippen molar-refractivity contribution < 1.29 is 18.0 Å². The van der Waals surface area contributed by atoms with Crippen molar-refractivity contribution >= 4 is 28.9 Å². The maximum atomic E-state index is 13.4. The number of nitrogens with two attached hydrogens (primary N) is 1. The summed E-state index contributed by atoms with van der Waals surface area (Å²) in [7, 11) is 0. The Morgan fingerprint density at radius 2 is 1.70 bits per heavy atom. The molecule has 20 heavy (non-hydrogen) atoms. The molecular formula is C13H8ClF3N2O. The zero-order valence-electron chi connectivity index (χ0n) is 9.88. The standard InChI is InChI=1S/C13H8ClF3N2O/c14-6-1-2-11(18)7(3-6)13(20)19-12-5-9(16)8(15)4-10(12)17/h1-5H,18H2,(H,19,20). The van der Waals surface area contributed by atoms with E-state index >= 15 is 0 Å². The molecule has 2 aromatic carbocycles. The van der Waals surface area contributed by atoms with Gasteiger partial charge in [-0.3, -0.25) is 4.79 Å². The molecule has 0 saturated carbocycles. The molecule has 104 valence electrons. The lowest BCUT2D eigenvalue weighted by atomic mass is 10.1. The van der Waals surface area contributed by atoms with E-state index in [0.29, 0.717) is 12.1 Å². The summed E-state index contributed by atoms with van der Waals surface area (Å²) in [5, 5.41) is 2.36. The van der Waals surface area contributed by atoms with Crippen molar-refractivity contribution in [3.8, 4) is 0 Å². The van der Waals surface area contributed by atoms with Gasteiger partial charge in [-0.05, 0) is 18.2 Å². The lowest BCUT2D eigenvalue weighted by Gasteiger charge is -2.09. The monoisotopic (exact) mass is 300 g/mol. The maximum absolute atomic E-state index is 13.4. The van der Waals surface area contributed by atoms with E-state index in [1.54, 1.807) is 0 Å². The van der Waals surface area contributed by atoms with E-state index in [9.17, 15) is 18.0 Å². The third-order valence-electron chi connectivity index (χ3n) is 2.52. The number of halogens is 4. The summed E-state index contributed by atoms with van der Waals surface area (Å²) in [5.41, 5.74) is 5.22. The normalized spacial score (nSPS) is 10.4. The van der Waals surface area contributed by atoms with Gasteiger partial charge in [-0.2, -0.15) is 0 Å². The highest BCUT2D eigenvalue weighted by atomic mass is 35.5. The summed E-state index contributed by atoms with van der Waals surface area (Å²) < 4.78 is 39.2. The molecule has 0 aliphatic rings. The van der Waals surface area contributed by atoms with E-state index in [1.165, 1.54) is 18.2 Å². The van der Waals surface area contributed by atoms with Gasteiger partial charge >= 0.3 is 0 Å². The molecule has 3 N–H and O–H groups in total. The van der Waals surface area contributed by atoms with Crippen molar-refractivity contribution in [3.63, 3.8) is 0 Å². The minimum absolute atomic E-state index is 0.00151. The molecule has 2 rings (SSSR count).